The van der Waals surface area contributed by atoms with E-state index in [2.05, 4.69) is 14.6 Å². The number of likely N-dealkylation sites (N-methyl/N-ethyl adjacent to an activating group) is 1. The number of hydrogen-bond donors (Lipinski definition) is 1. The molecule has 10 heteroatoms. The van der Waals surface area contributed by atoms with Gasteiger partial charge in [0.15, 0.2) is 5.76 Å². The molecule has 1 amide bonds. The Labute approximate surface area is 146 Å². The lowest BCUT2D eigenvalue weighted by Crippen LogP contribution is -2.43. The maximum absolute atomic E-state index is 12.4. The highest BCUT2D eigenvalue weighted by Crippen LogP contribution is 2.19. The predicted octanol–water partition coefficient (Wildman–Crippen LogP) is -0.409. The van der Waals surface area contributed by atoms with Gasteiger partial charge in [0.1, 0.15) is 11.4 Å². The van der Waals surface area contributed by atoms with Crippen LogP contribution in [0.3, 0.4) is 0 Å². The standard InChI is InChI=1S/C15H20N4O5S/c1-18-13(15(20)16-4-5-19-6-9-23-10-7-19)11-12(17-25(18,21)22)14-3-2-8-24-14/h2-3,8,11H,4-7,9-10H2,1H3,(H,16,20). The number of furan rings is 1. The third kappa shape index (κ3) is 4.09. The Balaban J connectivity index is 1.68. The molecule has 0 bridgehead atoms. The van der Waals surface area contributed by atoms with Gasteiger partial charge in [-0.05, 0) is 18.2 Å². The maximum Gasteiger partial charge on any atom is 0.345 e. The lowest BCUT2D eigenvalue weighted by Gasteiger charge is -2.27. The van der Waals surface area contributed by atoms with Crippen LogP contribution in [0, 0.1) is 0 Å². The molecule has 0 saturated carbocycles. The van der Waals surface area contributed by atoms with E-state index in [9.17, 15) is 13.2 Å². The smallest absolute Gasteiger partial charge is 0.345 e. The number of ether oxygens (including phenoxy) is 1. The highest BCUT2D eigenvalue weighted by Gasteiger charge is 2.30. The molecule has 3 rings (SSSR count). The molecule has 2 aliphatic heterocycles. The fraction of sp³-hybridized carbons (Fsp3) is 0.467. The summed E-state index contributed by atoms with van der Waals surface area (Å²) in [4.78, 5) is 14.6. The Morgan fingerprint density at radius 2 is 2.12 bits per heavy atom. The summed E-state index contributed by atoms with van der Waals surface area (Å²) in [5.41, 5.74) is 0.102. The highest BCUT2D eigenvalue weighted by atomic mass is 32.2. The minimum absolute atomic E-state index is 0.00313. The first kappa shape index (κ1) is 17.6. The first-order valence-corrected chi connectivity index (χ1v) is 9.30. The van der Waals surface area contributed by atoms with Gasteiger partial charge in [0.25, 0.3) is 5.91 Å². The molecule has 9 nitrogen and oxygen atoms in total. The quantitative estimate of drug-likeness (QED) is 0.758. The Bertz CT molecular complexity index is 779. The summed E-state index contributed by atoms with van der Waals surface area (Å²) in [5, 5.41) is 2.75. The highest BCUT2D eigenvalue weighted by molar-refractivity contribution is 7.88. The third-order valence-corrected chi connectivity index (χ3v) is 5.31. The van der Waals surface area contributed by atoms with Crippen LogP contribution in [-0.2, 0) is 19.7 Å². The number of morpholine rings is 1. The molecule has 0 aliphatic carbocycles. The maximum atomic E-state index is 12.4. The molecule has 0 atom stereocenters. The van der Waals surface area contributed by atoms with E-state index in [1.165, 1.54) is 19.4 Å². The lowest BCUT2D eigenvalue weighted by molar-refractivity contribution is -0.118. The summed E-state index contributed by atoms with van der Waals surface area (Å²) >= 11 is 0. The summed E-state index contributed by atoms with van der Waals surface area (Å²) in [6.07, 6.45) is 2.82. The molecule has 0 radical (unpaired) electrons. The van der Waals surface area contributed by atoms with E-state index < -0.39 is 16.1 Å². The van der Waals surface area contributed by atoms with Crippen molar-refractivity contribution in [3.63, 3.8) is 0 Å². The summed E-state index contributed by atoms with van der Waals surface area (Å²) in [5.74, 6) is -0.186. The second-order valence-electron chi connectivity index (χ2n) is 5.64. The van der Waals surface area contributed by atoms with Gasteiger partial charge in [-0.15, -0.1) is 4.40 Å². The van der Waals surface area contributed by atoms with Crippen molar-refractivity contribution in [1.82, 2.24) is 14.5 Å². The molecule has 1 aromatic heterocycles. The third-order valence-electron chi connectivity index (χ3n) is 4.00. The summed E-state index contributed by atoms with van der Waals surface area (Å²) in [7, 11) is -2.67. The van der Waals surface area contributed by atoms with Crippen LogP contribution in [0.15, 0.2) is 39.0 Å². The monoisotopic (exact) mass is 368 g/mol. The second kappa shape index (κ2) is 7.38. The van der Waals surface area contributed by atoms with E-state index in [1.807, 2.05) is 0 Å². The first-order valence-electron chi connectivity index (χ1n) is 7.90. The largest absolute Gasteiger partial charge is 0.463 e. The lowest BCUT2D eigenvalue weighted by atomic mass is 10.2. The molecule has 2 aliphatic rings. The molecule has 136 valence electrons. The number of amides is 1. The first-order chi connectivity index (χ1) is 12.0. The number of rotatable bonds is 5. The average Bonchev–Trinajstić information content (AvgIpc) is 3.12. The zero-order valence-corrected chi connectivity index (χ0v) is 14.7. The van der Waals surface area contributed by atoms with E-state index in [0.717, 1.165) is 17.4 Å². The Hall–Kier alpha value is -2.17. The number of carbonyl (C=O) groups is 1. The zero-order valence-electron chi connectivity index (χ0n) is 13.8. The van der Waals surface area contributed by atoms with Gasteiger partial charge in [-0.3, -0.25) is 9.69 Å². The van der Waals surface area contributed by atoms with Gasteiger partial charge < -0.3 is 14.5 Å². The van der Waals surface area contributed by atoms with Crippen LogP contribution >= 0.6 is 0 Å². The Kier molecular flexibility index (Phi) is 5.21. The number of nitrogens with zero attached hydrogens (tertiary/aromatic N) is 3. The topological polar surface area (TPSA) is 104 Å². The van der Waals surface area contributed by atoms with Crippen LogP contribution in [0.2, 0.25) is 0 Å². The van der Waals surface area contributed by atoms with Crippen LogP contribution in [0.4, 0.5) is 0 Å². The Morgan fingerprint density at radius 1 is 1.36 bits per heavy atom. The number of nitrogens with one attached hydrogen (secondary N) is 1. The van der Waals surface area contributed by atoms with E-state index >= 15 is 0 Å². The number of carbonyl (C=O) groups excluding carboxylic acids is 1. The summed E-state index contributed by atoms with van der Waals surface area (Å²) in [6.45, 7) is 4.10. The van der Waals surface area contributed by atoms with Crippen molar-refractivity contribution in [2.75, 3.05) is 46.4 Å². The summed E-state index contributed by atoms with van der Waals surface area (Å²) < 4.78 is 39.3. The van der Waals surface area contributed by atoms with Gasteiger partial charge in [-0.2, -0.15) is 8.42 Å². The molecule has 1 N–H and O–H groups in total. The molecule has 0 spiro atoms. The van der Waals surface area contributed by atoms with Crippen LogP contribution < -0.4 is 5.32 Å². The fourth-order valence-electron chi connectivity index (χ4n) is 2.55. The SMILES string of the molecule is CN1C(C(=O)NCCN2CCOCC2)=CC(c2ccco2)=NS1(=O)=O. The van der Waals surface area contributed by atoms with Crippen LogP contribution in [0.1, 0.15) is 5.76 Å². The van der Waals surface area contributed by atoms with E-state index in [4.69, 9.17) is 9.15 Å². The van der Waals surface area contributed by atoms with Gasteiger partial charge in [0, 0.05) is 33.2 Å². The van der Waals surface area contributed by atoms with Gasteiger partial charge in [-0.25, -0.2) is 4.31 Å². The van der Waals surface area contributed by atoms with Crippen LogP contribution in [-0.4, -0.2) is 75.7 Å². The van der Waals surface area contributed by atoms with E-state index in [1.54, 1.807) is 12.1 Å². The van der Waals surface area contributed by atoms with Crippen molar-refractivity contribution in [3.05, 3.63) is 35.9 Å². The summed E-state index contributed by atoms with van der Waals surface area (Å²) in [6, 6.07) is 3.21. The zero-order chi connectivity index (χ0) is 17.9. The van der Waals surface area contributed by atoms with Crippen molar-refractivity contribution in [3.8, 4) is 0 Å². The van der Waals surface area contributed by atoms with E-state index in [-0.39, 0.29) is 17.2 Å². The van der Waals surface area contributed by atoms with Crippen molar-refractivity contribution in [2.45, 2.75) is 0 Å². The minimum atomic E-state index is -3.97. The molecule has 0 unspecified atom stereocenters. The minimum Gasteiger partial charge on any atom is -0.463 e. The molecule has 1 saturated heterocycles. The number of hydrogen-bond acceptors (Lipinski definition) is 6. The predicted molar refractivity (Wildman–Crippen MR) is 90.3 cm³/mol. The van der Waals surface area contributed by atoms with Gasteiger partial charge in [0.2, 0.25) is 0 Å². The van der Waals surface area contributed by atoms with Crippen molar-refractivity contribution >= 4 is 21.8 Å². The normalized spacial score (nSPS) is 20.8. The fourth-order valence-corrected chi connectivity index (χ4v) is 3.45. The molecule has 25 heavy (non-hydrogen) atoms. The molecule has 1 fully saturated rings. The molecular weight excluding hydrogens is 348 g/mol. The van der Waals surface area contributed by atoms with Crippen molar-refractivity contribution in [1.29, 1.82) is 0 Å². The van der Waals surface area contributed by atoms with Crippen molar-refractivity contribution < 1.29 is 22.4 Å². The second-order valence-corrected chi connectivity index (χ2v) is 7.26. The Morgan fingerprint density at radius 3 is 2.80 bits per heavy atom. The van der Waals surface area contributed by atoms with Gasteiger partial charge in [0.05, 0.1) is 19.5 Å². The van der Waals surface area contributed by atoms with Gasteiger partial charge in [-0.1, -0.05) is 0 Å². The molecule has 0 aromatic carbocycles. The number of allylic oxidation sites excluding steroid dienone is 1. The molecule has 3 heterocycles. The molecular formula is C15H20N4O5S. The van der Waals surface area contributed by atoms with Gasteiger partial charge >= 0.3 is 10.2 Å². The average molecular weight is 368 g/mol. The van der Waals surface area contributed by atoms with E-state index in [0.29, 0.717) is 26.3 Å². The van der Waals surface area contributed by atoms with Crippen molar-refractivity contribution in [2.24, 2.45) is 4.40 Å². The van der Waals surface area contributed by atoms with Crippen LogP contribution in [0.5, 0.6) is 0 Å². The molecule has 1 aromatic rings. The van der Waals surface area contributed by atoms with Crippen LogP contribution in [0.25, 0.3) is 0 Å².